The fourth-order valence-corrected chi connectivity index (χ4v) is 2.02. The molecule has 1 aromatic heterocycles. The number of nitrogens with zero attached hydrogens (tertiary/aromatic N) is 1. The molecule has 120 valence electrons. The molecule has 0 aliphatic rings. The van der Waals surface area contributed by atoms with Crippen LogP contribution in [0, 0.1) is 0 Å². The summed E-state index contributed by atoms with van der Waals surface area (Å²) in [5.41, 5.74) is 1.17. The Morgan fingerprint density at radius 2 is 1.91 bits per heavy atom. The molecular weight excluding hydrogens is 294 g/mol. The molecular formula is C17H19N3O3. The first-order valence-corrected chi connectivity index (χ1v) is 7.02. The largest absolute Gasteiger partial charge is 0.496 e. The molecule has 0 bridgehead atoms. The first kappa shape index (κ1) is 16.4. The second kappa shape index (κ2) is 7.84. The average molecular weight is 313 g/mol. The second-order valence-electron chi connectivity index (χ2n) is 4.59. The third kappa shape index (κ3) is 4.00. The fourth-order valence-electron chi connectivity index (χ4n) is 2.02. The topological polar surface area (TPSA) is 72.5 Å². The lowest BCUT2D eigenvalue weighted by atomic mass is 10.1. The van der Waals surface area contributed by atoms with Gasteiger partial charge in [0.05, 0.1) is 26.1 Å². The second-order valence-corrected chi connectivity index (χ2v) is 4.59. The number of methoxy groups -OCH3 is 2. The van der Waals surface area contributed by atoms with Gasteiger partial charge in [-0.25, -0.2) is 4.98 Å². The molecule has 0 saturated carbocycles. The molecule has 2 N–H and O–H groups in total. The summed E-state index contributed by atoms with van der Waals surface area (Å²) in [5.74, 6) is 0.961. The minimum Gasteiger partial charge on any atom is -0.496 e. The zero-order valence-electron chi connectivity index (χ0n) is 13.1. The molecule has 1 heterocycles. The highest BCUT2D eigenvalue weighted by Gasteiger charge is 2.18. The number of rotatable bonds is 7. The number of anilines is 2. The monoisotopic (exact) mass is 313 g/mol. The number of carbonyl (C=O) groups is 1. The van der Waals surface area contributed by atoms with E-state index in [-0.39, 0.29) is 5.91 Å². The van der Waals surface area contributed by atoms with Crippen LogP contribution in [0.2, 0.25) is 0 Å². The van der Waals surface area contributed by atoms with Crippen molar-refractivity contribution in [3.05, 3.63) is 54.7 Å². The van der Waals surface area contributed by atoms with E-state index in [1.807, 2.05) is 6.07 Å². The number of hydrogen-bond acceptors (Lipinski definition) is 5. The number of ether oxygens (including phenoxy) is 2. The van der Waals surface area contributed by atoms with Crippen molar-refractivity contribution >= 4 is 17.4 Å². The Morgan fingerprint density at radius 1 is 1.22 bits per heavy atom. The minimum absolute atomic E-state index is 0.327. The van der Waals surface area contributed by atoms with Gasteiger partial charge in [-0.1, -0.05) is 12.1 Å². The van der Waals surface area contributed by atoms with E-state index in [0.717, 1.165) is 5.69 Å². The van der Waals surface area contributed by atoms with Crippen molar-refractivity contribution in [1.82, 2.24) is 4.98 Å². The number of benzene rings is 1. The van der Waals surface area contributed by atoms with Gasteiger partial charge in [0.2, 0.25) is 0 Å². The van der Waals surface area contributed by atoms with Gasteiger partial charge in [0, 0.05) is 6.54 Å². The molecule has 0 fully saturated rings. The van der Waals surface area contributed by atoms with Crippen molar-refractivity contribution in [2.24, 2.45) is 0 Å². The van der Waals surface area contributed by atoms with Crippen molar-refractivity contribution in [3.8, 4) is 11.5 Å². The standard InChI is InChI=1S/C17H19N3O3/c1-4-10-18-12-8-9-15(19-11-12)20-17(21)16-13(22-2)6-5-7-14(16)23-3/h4-9,11,18H,1,10H2,2-3H3,(H,19,20,21). The molecule has 0 unspecified atom stereocenters. The molecule has 1 aromatic carbocycles. The summed E-state index contributed by atoms with van der Waals surface area (Å²) in [4.78, 5) is 16.7. The summed E-state index contributed by atoms with van der Waals surface area (Å²) in [6.45, 7) is 4.28. The zero-order chi connectivity index (χ0) is 16.7. The van der Waals surface area contributed by atoms with Crippen LogP contribution in [-0.2, 0) is 0 Å². The molecule has 6 nitrogen and oxygen atoms in total. The van der Waals surface area contributed by atoms with E-state index < -0.39 is 0 Å². The van der Waals surface area contributed by atoms with Crippen LogP contribution in [0.4, 0.5) is 11.5 Å². The summed E-state index contributed by atoms with van der Waals surface area (Å²) >= 11 is 0. The third-order valence-corrected chi connectivity index (χ3v) is 3.11. The van der Waals surface area contributed by atoms with Gasteiger partial charge in [0.1, 0.15) is 22.9 Å². The Balaban J connectivity index is 2.17. The van der Waals surface area contributed by atoms with Crippen LogP contribution in [0.5, 0.6) is 11.5 Å². The summed E-state index contributed by atoms with van der Waals surface area (Å²) in [6, 6.07) is 8.70. The molecule has 23 heavy (non-hydrogen) atoms. The lowest BCUT2D eigenvalue weighted by Crippen LogP contribution is -2.15. The van der Waals surface area contributed by atoms with Crippen molar-refractivity contribution in [2.45, 2.75) is 0 Å². The summed E-state index contributed by atoms with van der Waals surface area (Å²) in [7, 11) is 3.01. The van der Waals surface area contributed by atoms with E-state index in [9.17, 15) is 4.79 Å². The van der Waals surface area contributed by atoms with Gasteiger partial charge in [0.25, 0.3) is 5.91 Å². The number of aromatic nitrogens is 1. The van der Waals surface area contributed by atoms with Gasteiger partial charge in [-0.2, -0.15) is 0 Å². The van der Waals surface area contributed by atoms with Crippen molar-refractivity contribution < 1.29 is 14.3 Å². The van der Waals surface area contributed by atoms with Gasteiger partial charge in [-0.15, -0.1) is 6.58 Å². The van der Waals surface area contributed by atoms with Crippen molar-refractivity contribution in [3.63, 3.8) is 0 Å². The molecule has 0 saturated heterocycles. The van der Waals surface area contributed by atoms with Gasteiger partial charge < -0.3 is 20.1 Å². The Labute approximate surface area is 135 Å². The molecule has 2 aromatic rings. The highest BCUT2D eigenvalue weighted by atomic mass is 16.5. The van der Waals surface area contributed by atoms with Crippen LogP contribution in [-0.4, -0.2) is 31.7 Å². The summed E-state index contributed by atoms with van der Waals surface area (Å²) < 4.78 is 10.5. The first-order valence-electron chi connectivity index (χ1n) is 7.02. The van der Waals surface area contributed by atoms with E-state index in [4.69, 9.17) is 9.47 Å². The van der Waals surface area contributed by atoms with Crippen LogP contribution in [0.25, 0.3) is 0 Å². The predicted molar refractivity (Wildman–Crippen MR) is 90.4 cm³/mol. The number of hydrogen-bond donors (Lipinski definition) is 2. The molecule has 0 spiro atoms. The van der Waals surface area contributed by atoms with Crippen LogP contribution < -0.4 is 20.1 Å². The number of pyridine rings is 1. The van der Waals surface area contributed by atoms with Crippen LogP contribution in [0.15, 0.2) is 49.2 Å². The summed E-state index contributed by atoms with van der Waals surface area (Å²) in [6.07, 6.45) is 3.39. The van der Waals surface area contributed by atoms with Gasteiger partial charge in [-0.05, 0) is 24.3 Å². The Kier molecular flexibility index (Phi) is 5.57. The molecule has 0 aliphatic heterocycles. The number of nitrogens with one attached hydrogen (secondary N) is 2. The fraction of sp³-hybridized carbons (Fsp3) is 0.176. The maximum Gasteiger partial charge on any atom is 0.264 e. The molecule has 0 aliphatic carbocycles. The number of amides is 1. The van der Waals surface area contributed by atoms with Gasteiger partial charge in [-0.3, -0.25) is 4.79 Å². The van der Waals surface area contributed by atoms with E-state index >= 15 is 0 Å². The molecule has 0 radical (unpaired) electrons. The first-order chi connectivity index (χ1) is 11.2. The highest BCUT2D eigenvalue weighted by Crippen LogP contribution is 2.28. The highest BCUT2D eigenvalue weighted by molar-refractivity contribution is 6.07. The van der Waals surface area contributed by atoms with Crippen LogP contribution in [0.1, 0.15) is 10.4 Å². The predicted octanol–water partition coefficient (Wildman–Crippen LogP) is 2.95. The van der Waals surface area contributed by atoms with E-state index in [1.165, 1.54) is 14.2 Å². The van der Waals surface area contributed by atoms with E-state index in [2.05, 4.69) is 22.2 Å². The zero-order valence-corrected chi connectivity index (χ0v) is 13.1. The van der Waals surface area contributed by atoms with Gasteiger partial charge >= 0.3 is 0 Å². The molecule has 0 atom stereocenters. The smallest absolute Gasteiger partial charge is 0.264 e. The molecule has 1 amide bonds. The lowest BCUT2D eigenvalue weighted by Gasteiger charge is -2.13. The Morgan fingerprint density at radius 3 is 2.43 bits per heavy atom. The summed E-state index contributed by atoms with van der Waals surface area (Å²) in [5, 5.41) is 5.84. The maximum absolute atomic E-state index is 12.5. The van der Waals surface area contributed by atoms with Crippen LogP contribution >= 0.6 is 0 Å². The molecule has 2 rings (SSSR count). The van der Waals surface area contributed by atoms with E-state index in [1.54, 1.807) is 36.5 Å². The van der Waals surface area contributed by atoms with E-state index in [0.29, 0.717) is 29.4 Å². The van der Waals surface area contributed by atoms with Crippen LogP contribution in [0.3, 0.4) is 0 Å². The minimum atomic E-state index is -0.349. The quantitative estimate of drug-likeness (QED) is 0.769. The third-order valence-electron chi connectivity index (χ3n) is 3.11. The average Bonchev–Trinajstić information content (AvgIpc) is 2.60. The Hall–Kier alpha value is -3.02. The molecule has 6 heteroatoms. The normalized spacial score (nSPS) is 9.83. The van der Waals surface area contributed by atoms with Crippen molar-refractivity contribution in [2.75, 3.05) is 31.4 Å². The SMILES string of the molecule is C=CCNc1ccc(NC(=O)c2c(OC)cccc2OC)nc1. The maximum atomic E-state index is 12.5. The Bertz CT molecular complexity index is 662. The number of carbonyl (C=O) groups excluding carboxylic acids is 1. The van der Waals surface area contributed by atoms with Crippen molar-refractivity contribution in [1.29, 1.82) is 0 Å². The van der Waals surface area contributed by atoms with Gasteiger partial charge in [0.15, 0.2) is 0 Å². The lowest BCUT2D eigenvalue weighted by molar-refractivity contribution is 0.102.